The Morgan fingerprint density at radius 3 is 2.86 bits per heavy atom. The number of amides is 1. The number of anilines is 1. The Balaban J connectivity index is 0.00000220. The summed E-state index contributed by atoms with van der Waals surface area (Å²) in [7, 11) is 0. The highest BCUT2D eigenvalue weighted by Crippen LogP contribution is 2.30. The van der Waals surface area contributed by atoms with E-state index in [4.69, 9.17) is 17.3 Å². The van der Waals surface area contributed by atoms with Gasteiger partial charge in [0.15, 0.2) is 5.13 Å². The Labute approximate surface area is 139 Å². The topological polar surface area (TPSA) is 68.0 Å². The third-order valence-corrected chi connectivity index (χ3v) is 3.91. The predicted molar refractivity (Wildman–Crippen MR) is 91.3 cm³/mol. The summed E-state index contributed by atoms with van der Waals surface area (Å²) in [6.07, 6.45) is 1.53. The number of nitrogens with zero attached hydrogens (tertiary/aromatic N) is 1. The van der Waals surface area contributed by atoms with Gasteiger partial charge in [-0.2, -0.15) is 0 Å². The quantitative estimate of drug-likeness (QED) is 0.861. The molecule has 1 unspecified atom stereocenters. The number of carbonyl (C=O) groups is 1. The predicted octanol–water partition coefficient (Wildman–Crippen LogP) is 3.95. The van der Waals surface area contributed by atoms with E-state index in [0.29, 0.717) is 16.6 Å². The number of aromatic nitrogens is 1. The van der Waals surface area contributed by atoms with Gasteiger partial charge in [-0.3, -0.25) is 4.79 Å². The Bertz CT molecular complexity index is 603. The van der Waals surface area contributed by atoms with Gasteiger partial charge in [-0.05, 0) is 12.5 Å². The first-order valence-corrected chi connectivity index (χ1v) is 7.64. The Morgan fingerprint density at radius 1 is 1.48 bits per heavy atom. The average molecular weight is 346 g/mol. The zero-order valence-electron chi connectivity index (χ0n) is 11.5. The molecule has 0 saturated heterocycles. The number of nitrogens with two attached hydrogens (primary N) is 1. The van der Waals surface area contributed by atoms with Crippen LogP contribution in [0.4, 0.5) is 5.13 Å². The molecule has 1 aromatic carbocycles. The molecule has 1 atom stereocenters. The highest BCUT2D eigenvalue weighted by molar-refractivity contribution is 7.14. The van der Waals surface area contributed by atoms with E-state index in [0.717, 1.165) is 17.7 Å². The van der Waals surface area contributed by atoms with Crippen molar-refractivity contribution in [1.82, 2.24) is 4.98 Å². The minimum absolute atomic E-state index is 0. The fourth-order valence-electron chi connectivity index (χ4n) is 1.76. The maximum absolute atomic E-state index is 11.8. The summed E-state index contributed by atoms with van der Waals surface area (Å²) in [6.45, 7) is 1.99. The van der Waals surface area contributed by atoms with Crippen molar-refractivity contribution >= 4 is 46.4 Å². The highest BCUT2D eigenvalue weighted by atomic mass is 35.5. The molecule has 3 N–H and O–H groups in total. The molecule has 2 aromatic rings. The van der Waals surface area contributed by atoms with Crippen molar-refractivity contribution in [3.05, 3.63) is 34.7 Å². The van der Waals surface area contributed by atoms with E-state index in [9.17, 15) is 4.79 Å². The molecule has 0 saturated carbocycles. The first kappa shape index (κ1) is 17.9. The van der Waals surface area contributed by atoms with E-state index in [1.165, 1.54) is 11.3 Å². The molecule has 1 amide bonds. The summed E-state index contributed by atoms with van der Waals surface area (Å²) in [5.74, 6) is -0.202. The number of benzene rings is 1. The molecule has 0 spiro atoms. The van der Waals surface area contributed by atoms with Gasteiger partial charge in [0.25, 0.3) is 0 Å². The summed E-state index contributed by atoms with van der Waals surface area (Å²) in [6, 6.07) is 6.98. The third-order valence-electron chi connectivity index (χ3n) is 2.82. The maximum atomic E-state index is 11.8. The number of halogens is 2. The highest BCUT2D eigenvalue weighted by Gasteiger charge is 2.15. The minimum atomic E-state index is -0.493. The van der Waals surface area contributed by atoms with Crippen LogP contribution in [0.1, 0.15) is 19.8 Å². The lowest BCUT2D eigenvalue weighted by atomic mass is 10.2. The van der Waals surface area contributed by atoms with E-state index in [2.05, 4.69) is 10.3 Å². The van der Waals surface area contributed by atoms with Crippen molar-refractivity contribution in [2.24, 2.45) is 5.73 Å². The zero-order chi connectivity index (χ0) is 14.5. The van der Waals surface area contributed by atoms with Crippen LogP contribution in [0.2, 0.25) is 5.02 Å². The monoisotopic (exact) mass is 345 g/mol. The van der Waals surface area contributed by atoms with Gasteiger partial charge in [-0.25, -0.2) is 4.98 Å². The van der Waals surface area contributed by atoms with Gasteiger partial charge in [-0.15, -0.1) is 23.7 Å². The Kier molecular flexibility index (Phi) is 7.11. The summed E-state index contributed by atoms with van der Waals surface area (Å²) >= 11 is 7.48. The molecule has 0 fully saturated rings. The van der Waals surface area contributed by atoms with Crippen LogP contribution in [-0.2, 0) is 4.79 Å². The minimum Gasteiger partial charge on any atom is -0.320 e. The molecule has 1 heterocycles. The molecule has 21 heavy (non-hydrogen) atoms. The fourth-order valence-corrected chi connectivity index (χ4v) is 2.71. The molecule has 2 rings (SSSR count). The lowest BCUT2D eigenvalue weighted by molar-refractivity contribution is -0.117. The van der Waals surface area contributed by atoms with Crippen LogP contribution in [0.5, 0.6) is 0 Å². The number of rotatable bonds is 5. The van der Waals surface area contributed by atoms with E-state index >= 15 is 0 Å². The number of hydrogen-bond acceptors (Lipinski definition) is 4. The van der Waals surface area contributed by atoms with Gasteiger partial charge in [0, 0.05) is 16.0 Å². The third kappa shape index (κ3) is 4.68. The molecule has 7 heteroatoms. The second-order valence-corrected chi connectivity index (χ2v) is 5.67. The van der Waals surface area contributed by atoms with Crippen molar-refractivity contribution in [3.8, 4) is 11.3 Å². The molecular formula is C14H17Cl2N3OS. The molecule has 0 aliphatic carbocycles. The summed E-state index contributed by atoms with van der Waals surface area (Å²) in [5.41, 5.74) is 7.36. The number of nitrogens with one attached hydrogen (secondary N) is 1. The molecule has 4 nitrogen and oxygen atoms in total. The molecule has 0 bridgehead atoms. The van der Waals surface area contributed by atoms with Crippen LogP contribution in [0.15, 0.2) is 29.6 Å². The largest absolute Gasteiger partial charge is 0.320 e. The van der Waals surface area contributed by atoms with Crippen LogP contribution in [0.3, 0.4) is 0 Å². The maximum Gasteiger partial charge on any atom is 0.243 e. The van der Waals surface area contributed by atoms with Crippen LogP contribution in [-0.4, -0.2) is 16.9 Å². The van der Waals surface area contributed by atoms with Crippen molar-refractivity contribution in [2.75, 3.05) is 5.32 Å². The fraction of sp³-hybridized carbons (Fsp3) is 0.286. The standard InChI is InChI=1S/C14H16ClN3OS.ClH/c1-2-5-11(16)13(19)18-14-17-12(8-20-14)9-6-3-4-7-10(9)15;/h3-4,6-8,11H,2,5,16H2,1H3,(H,17,18,19);1H. The number of thiazole rings is 1. The molecule has 1 aromatic heterocycles. The smallest absolute Gasteiger partial charge is 0.243 e. The first-order valence-electron chi connectivity index (χ1n) is 6.38. The van der Waals surface area contributed by atoms with Gasteiger partial charge < -0.3 is 11.1 Å². The second kappa shape index (κ2) is 8.34. The first-order chi connectivity index (χ1) is 9.61. The van der Waals surface area contributed by atoms with E-state index in [1.807, 2.05) is 36.6 Å². The summed E-state index contributed by atoms with van der Waals surface area (Å²) in [4.78, 5) is 16.2. The van der Waals surface area contributed by atoms with Crippen molar-refractivity contribution < 1.29 is 4.79 Å². The molecular weight excluding hydrogens is 329 g/mol. The van der Waals surface area contributed by atoms with Crippen LogP contribution in [0, 0.1) is 0 Å². The van der Waals surface area contributed by atoms with Crippen LogP contribution < -0.4 is 11.1 Å². The average Bonchev–Trinajstić information content (AvgIpc) is 2.87. The molecule has 0 radical (unpaired) electrons. The summed E-state index contributed by atoms with van der Waals surface area (Å²) < 4.78 is 0. The zero-order valence-corrected chi connectivity index (χ0v) is 13.9. The summed E-state index contributed by atoms with van der Waals surface area (Å²) in [5, 5.41) is 5.78. The second-order valence-electron chi connectivity index (χ2n) is 4.40. The van der Waals surface area contributed by atoms with Crippen LogP contribution in [0.25, 0.3) is 11.3 Å². The van der Waals surface area contributed by atoms with Gasteiger partial charge >= 0.3 is 0 Å². The van der Waals surface area contributed by atoms with Gasteiger partial charge in [0.2, 0.25) is 5.91 Å². The van der Waals surface area contributed by atoms with Gasteiger partial charge in [0.1, 0.15) is 0 Å². The van der Waals surface area contributed by atoms with E-state index in [-0.39, 0.29) is 18.3 Å². The molecule has 0 aliphatic rings. The number of carbonyl (C=O) groups excluding carboxylic acids is 1. The lowest BCUT2D eigenvalue weighted by Gasteiger charge is -2.08. The van der Waals surface area contributed by atoms with Crippen LogP contribution >= 0.6 is 35.3 Å². The molecule has 114 valence electrons. The van der Waals surface area contributed by atoms with Crippen molar-refractivity contribution in [3.63, 3.8) is 0 Å². The van der Waals surface area contributed by atoms with Crippen molar-refractivity contribution in [1.29, 1.82) is 0 Å². The van der Waals surface area contributed by atoms with E-state index in [1.54, 1.807) is 0 Å². The van der Waals surface area contributed by atoms with Crippen molar-refractivity contribution in [2.45, 2.75) is 25.8 Å². The Hall–Kier alpha value is -1.14. The number of hydrogen-bond donors (Lipinski definition) is 2. The molecule has 0 aliphatic heterocycles. The van der Waals surface area contributed by atoms with E-state index < -0.39 is 6.04 Å². The lowest BCUT2D eigenvalue weighted by Crippen LogP contribution is -2.35. The normalized spacial score (nSPS) is 11.6. The van der Waals surface area contributed by atoms with Gasteiger partial charge in [0.05, 0.1) is 11.7 Å². The Morgan fingerprint density at radius 2 is 2.19 bits per heavy atom. The van der Waals surface area contributed by atoms with Gasteiger partial charge in [-0.1, -0.05) is 43.1 Å². The SMILES string of the molecule is CCCC(N)C(=O)Nc1nc(-c2ccccc2Cl)cs1.Cl.